The van der Waals surface area contributed by atoms with Crippen LogP contribution >= 0.6 is 11.6 Å². The molecule has 0 spiro atoms. The Labute approximate surface area is 93.8 Å². The van der Waals surface area contributed by atoms with E-state index in [1.807, 2.05) is 0 Å². The SMILES string of the molecule is CCC1(C)CNc2cc(F)c(Cl)cc2N1. The van der Waals surface area contributed by atoms with Crippen LogP contribution in [0.15, 0.2) is 12.1 Å². The highest BCUT2D eigenvalue weighted by atomic mass is 35.5. The normalized spacial score (nSPS) is 24.0. The first kappa shape index (κ1) is 10.6. The van der Waals surface area contributed by atoms with Gasteiger partial charge in [-0.15, -0.1) is 0 Å². The first-order chi connectivity index (χ1) is 7.04. The molecule has 0 aromatic heterocycles. The van der Waals surface area contributed by atoms with Gasteiger partial charge >= 0.3 is 0 Å². The number of benzene rings is 1. The summed E-state index contributed by atoms with van der Waals surface area (Å²) in [7, 11) is 0. The van der Waals surface area contributed by atoms with E-state index in [2.05, 4.69) is 24.5 Å². The second-order valence-electron chi connectivity index (χ2n) is 4.20. The standard InChI is InChI=1S/C11H14ClFN2/c1-3-11(2)6-14-9-5-8(13)7(12)4-10(9)15-11/h4-5,14-15H,3,6H2,1-2H3. The van der Waals surface area contributed by atoms with Crippen LogP contribution in [0.5, 0.6) is 0 Å². The fourth-order valence-corrected chi connectivity index (χ4v) is 1.83. The summed E-state index contributed by atoms with van der Waals surface area (Å²) in [5, 5.41) is 6.74. The average molecular weight is 229 g/mol. The zero-order valence-electron chi connectivity index (χ0n) is 8.82. The van der Waals surface area contributed by atoms with Crippen LogP contribution in [0.25, 0.3) is 0 Å². The van der Waals surface area contributed by atoms with Crippen molar-refractivity contribution in [2.45, 2.75) is 25.8 Å². The fraction of sp³-hybridized carbons (Fsp3) is 0.455. The van der Waals surface area contributed by atoms with Gasteiger partial charge in [-0.2, -0.15) is 0 Å². The van der Waals surface area contributed by atoms with Crippen LogP contribution in [0.4, 0.5) is 15.8 Å². The molecule has 0 saturated heterocycles. The Kier molecular flexibility index (Phi) is 2.51. The van der Waals surface area contributed by atoms with E-state index >= 15 is 0 Å². The number of rotatable bonds is 1. The topological polar surface area (TPSA) is 24.1 Å². The Bertz CT molecular complexity index is 394. The van der Waals surface area contributed by atoms with Gasteiger partial charge in [0.15, 0.2) is 0 Å². The van der Waals surface area contributed by atoms with Crippen LogP contribution in [-0.2, 0) is 0 Å². The molecule has 1 unspecified atom stereocenters. The molecule has 2 N–H and O–H groups in total. The number of anilines is 2. The molecule has 1 atom stereocenters. The van der Waals surface area contributed by atoms with Crippen LogP contribution in [0.1, 0.15) is 20.3 Å². The molecule has 2 rings (SSSR count). The van der Waals surface area contributed by atoms with Crippen LogP contribution in [-0.4, -0.2) is 12.1 Å². The smallest absolute Gasteiger partial charge is 0.143 e. The average Bonchev–Trinajstić information content (AvgIpc) is 2.21. The summed E-state index contributed by atoms with van der Waals surface area (Å²) in [6.07, 6.45) is 0.994. The molecule has 15 heavy (non-hydrogen) atoms. The van der Waals surface area contributed by atoms with Crippen LogP contribution in [0.2, 0.25) is 5.02 Å². The van der Waals surface area contributed by atoms with Crippen LogP contribution in [0.3, 0.4) is 0 Å². The summed E-state index contributed by atoms with van der Waals surface area (Å²) in [6, 6.07) is 3.06. The number of halogens is 2. The van der Waals surface area contributed by atoms with E-state index in [0.29, 0.717) is 0 Å². The highest BCUT2D eigenvalue weighted by Gasteiger charge is 2.27. The van der Waals surface area contributed by atoms with Crippen molar-refractivity contribution in [3.8, 4) is 0 Å². The lowest BCUT2D eigenvalue weighted by atomic mass is 9.95. The van der Waals surface area contributed by atoms with Gasteiger partial charge in [-0.25, -0.2) is 4.39 Å². The predicted molar refractivity (Wildman–Crippen MR) is 62.2 cm³/mol. The van der Waals surface area contributed by atoms with Crippen molar-refractivity contribution >= 4 is 23.0 Å². The molecule has 4 heteroatoms. The van der Waals surface area contributed by atoms with Crippen molar-refractivity contribution in [2.24, 2.45) is 0 Å². The van der Waals surface area contributed by atoms with Crippen molar-refractivity contribution < 1.29 is 4.39 Å². The molecule has 1 aromatic carbocycles. The van der Waals surface area contributed by atoms with Crippen LogP contribution < -0.4 is 10.6 Å². The van der Waals surface area contributed by atoms with Gasteiger partial charge in [-0.3, -0.25) is 0 Å². The van der Waals surface area contributed by atoms with Gasteiger partial charge in [0.05, 0.1) is 21.9 Å². The van der Waals surface area contributed by atoms with Crippen molar-refractivity contribution in [1.82, 2.24) is 0 Å². The summed E-state index contributed by atoms with van der Waals surface area (Å²) in [5.74, 6) is -0.384. The maximum atomic E-state index is 13.2. The van der Waals surface area contributed by atoms with Crippen molar-refractivity contribution in [3.63, 3.8) is 0 Å². The van der Waals surface area contributed by atoms with Gasteiger partial charge in [0, 0.05) is 12.6 Å². The van der Waals surface area contributed by atoms with E-state index in [0.717, 1.165) is 24.3 Å². The minimum Gasteiger partial charge on any atom is -0.381 e. The number of fused-ring (bicyclic) bond motifs is 1. The zero-order chi connectivity index (χ0) is 11.1. The first-order valence-electron chi connectivity index (χ1n) is 5.05. The summed E-state index contributed by atoms with van der Waals surface area (Å²) < 4.78 is 13.2. The Balaban J connectivity index is 2.38. The molecule has 0 fully saturated rings. The maximum absolute atomic E-state index is 13.2. The Morgan fingerprint density at radius 3 is 2.87 bits per heavy atom. The predicted octanol–water partition coefficient (Wildman–Crippen LogP) is 3.49. The van der Waals surface area contributed by atoms with Gasteiger partial charge in [0.25, 0.3) is 0 Å². The lowest BCUT2D eigenvalue weighted by Crippen LogP contribution is -2.44. The van der Waals surface area contributed by atoms with Gasteiger partial charge in [-0.05, 0) is 19.4 Å². The van der Waals surface area contributed by atoms with E-state index < -0.39 is 0 Å². The molecular weight excluding hydrogens is 215 g/mol. The van der Waals surface area contributed by atoms with E-state index in [1.165, 1.54) is 6.07 Å². The molecule has 0 bridgehead atoms. The Morgan fingerprint density at radius 1 is 1.47 bits per heavy atom. The molecule has 1 aromatic rings. The second kappa shape index (κ2) is 3.56. The van der Waals surface area contributed by atoms with E-state index in [-0.39, 0.29) is 16.4 Å². The van der Waals surface area contributed by atoms with Gasteiger partial charge in [0.2, 0.25) is 0 Å². The monoisotopic (exact) mass is 228 g/mol. The van der Waals surface area contributed by atoms with E-state index in [4.69, 9.17) is 11.6 Å². The van der Waals surface area contributed by atoms with E-state index in [9.17, 15) is 4.39 Å². The molecule has 82 valence electrons. The first-order valence-corrected chi connectivity index (χ1v) is 5.43. The number of nitrogens with one attached hydrogen (secondary N) is 2. The maximum Gasteiger partial charge on any atom is 0.143 e. The second-order valence-corrected chi connectivity index (χ2v) is 4.61. The van der Waals surface area contributed by atoms with Crippen molar-refractivity contribution in [1.29, 1.82) is 0 Å². The largest absolute Gasteiger partial charge is 0.381 e. The summed E-state index contributed by atoms with van der Waals surface area (Å²) in [5.41, 5.74) is 1.66. The minimum atomic E-state index is -0.384. The molecule has 0 amide bonds. The Hall–Kier alpha value is -0.960. The van der Waals surface area contributed by atoms with Gasteiger partial charge < -0.3 is 10.6 Å². The van der Waals surface area contributed by atoms with Crippen LogP contribution in [0, 0.1) is 5.82 Å². The van der Waals surface area contributed by atoms with E-state index in [1.54, 1.807) is 6.07 Å². The third kappa shape index (κ3) is 1.88. The lowest BCUT2D eigenvalue weighted by molar-refractivity contribution is 0.512. The van der Waals surface area contributed by atoms with Crippen molar-refractivity contribution in [2.75, 3.05) is 17.2 Å². The Morgan fingerprint density at radius 2 is 2.20 bits per heavy atom. The molecule has 0 saturated carbocycles. The quantitative estimate of drug-likeness (QED) is 0.769. The third-order valence-corrected chi connectivity index (χ3v) is 3.24. The molecular formula is C11H14ClFN2. The number of hydrogen-bond acceptors (Lipinski definition) is 2. The molecule has 1 aliphatic rings. The highest BCUT2D eigenvalue weighted by molar-refractivity contribution is 6.31. The zero-order valence-corrected chi connectivity index (χ0v) is 9.58. The molecule has 0 radical (unpaired) electrons. The summed E-state index contributed by atoms with van der Waals surface area (Å²) in [4.78, 5) is 0. The molecule has 0 aliphatic carbocycles. The fourth-order valence-electron chi connectivity index (χ4n) is 1.67. The third-order valence-electron chi connectivity index (χ3n) is 2.95. The minimum absolute atomic E-state index is 0.00809. The number of hydrogen-bond donors (Lipinski definition) is 2. The highest BCUT2D eigenvalue weighted by Crippen LogP contribution is 2.34. The molecule has 2 nitrogen and oxygen atoms in total. The van der Waals surface area contributed by atoms with Gasteiger partial charge in [-0.1, -0.05) is 18.5 Å². The summed E-state index contributed by atoms with van der Waals surface area (Å²) in [6.45, 7) is 5.03. The van der Waals surface area contributed by atoms with Crippen molar-refractivity contribution in [3.05, 3.63) is 23.0 Å². The van der Waals surface area contributed by atoms with Gasteiger partial charge in [0.1, 0.15) is 5.82 Å². The summed E-state index contributed by atoms with van der Waals surface area (Å²) >= 11 is 5.74. The molecule has 1 aliphatic heterocycles. The molecule has 1 heterocycles. The lowest BCUT2D eigenvalue weighted by Gasteiger charge is -2.37.